The molecule has 2 fully saturated rings. The SMILES string of the molecule is OC1([C]#[V])CC2(CCC2)C1. The number of hydrogen-bond acceptors (Lipinski definition) is 1. The molecule has 0 aromatic carbocycles. The van der Waals surface area contributed by atoms with E-state index in [2.05, 4.69) is 21.3 Å². The van der Waals surface area contributed by atoms with Crippen LogP contribution in [0.2, 0.25) is 0 Å². The summed E-state index contributed by atoms with van der Waals surface area (Å²) in [5.74, 6) is 0. The molecule has 2 saturated carbocycles. The average Bonchev–Trinajstić information content (AvgIpc) is 1.77. The fraction of sp³-hybridized carbons (Fsp3) is 0.875. The summed E-state index contributed by atoms with van der Waals surface area (Å²) < 4.78 is 2.89. The van der Waals surface area contributed by atoms with Crippen molar-refractivity contribution in [1.82, 2.24) is 0 Å². The monoisotopic (exact) mass is 174 g/mol. The van der Waals surface area contributed by atoms with E-state index in [1.54, 1.807) is 0 Å². The predicted molar refractivity (Wildman–Crippen MR) is 34.4 cm³/mol. The van der Waals surface area contributed by atoms with Gasteiger partial charge in [-0.1, -0.05) is 0 Å². The van der Waals surface area contributed by atoms with Crippen molar-refractivity contribution < 1.29 is 21.9 Å². The van der Waals surface area contributed by atoms with Crippen LogP contribution in [0.5, 0.6) is 0 Å². The maximum absolute atomic E-state index is 9.59. The van der Waals surface area contributed by atoms with E-state index >= 15 is 0 Å². The van der Waals surface area contributed by atoms with Crippen molar-refractivity contribution >= 4 is 0 Å². The van der Waals surface area contributed by atoms with Gasteiger partial charge in [0, 0.05) is 0 Å². The number of hydrogen-bond donors (Lipinski definition) is 1. The van der Waals surface area contributed by atoms with Gasteiger partial charge in [0.25, 0.3) is 0 Å². The van der Waals surface area contributed by atoms with Crippen LogP contribution < -0.4 is 0 Å². The van der Waals surface area contributed by atoms with Crippen LogP contribution in [0.25, 0.3) is 0 Å². The first kappa shape index (κ1) is 7.00. The molecule has 0 radical (unpaired) electrons. The van der Waals surface area contributed by atoms with E-state index in [0.29, 0.717) is 5.41 Å². The van der Waals surface area contributed by atoms with Gasteiger partial charge in [0.1, 0.15) is 0 Å². The first-order valence-electron chi connectivity index (χ1n) is 3.82. The fourth-order valence-electron chi connectivity index (χ4n) is 2.30. The van der Waals surface area contributed by atoms with E-state index in [0.717, 1.165) is 12.8 Å². The van der Waals surface area contributed by atoms with Gasteiger partial charge in [-0.3, -0.25) is 0 Å². The third kappa shape index (κ3) is 0.821. The Morgan fingerprint density at radius 1 is 1.30 bits per heavy atom. The molecule has 2 rings (SSSR count). The minimum absolute atomic E-state index is 0.527. The summed E-state index contributed by atoms with van der Waals surface area (Å²) >= 11 is 2.25. The van der Waals surface area contributed by atoms with Crippen LogP contribution in [0.1, 0.15) is 32.1 Å². The molecule has 2 aliphatic rings. The Bertz CT molecular complexity index is 192. The van der Waals surface area contributed by atoms with E-state index in [1.165, 1.54) is 19.3 Å². The molecule has 0 bridgehead atoms. The van der Waals surface area contributed by atoms with E-state index in [1.807, 2.05) is 0 Å². The molecule has 2 aliphatic carbocycles. The Morgan fingerprint density at radius 3 is 2.20 bits per heavy atom. The molecule has 10 heavy (non-hydrogen) atoms. The normalized spacial score (nSPS) is 32.0. The molecule has 0 aromatic heterocycles. The molecule has 0 aromatic rings. The molecular formula is C8H11OV. The topological polar surface area (TPSA) is 20.2 Å². The van der Waals surface area contributed by atoms with Crippen LogP contribution in [0, 0.1) is 9.95 Å². The zero-order chi connectivity index (χ0) is 7.24. The average molecular weight is 174 g/mol. The van der Waals surface area contributed by atoms with Crippen molar-refractivity contribution in [3.63, 3.8) is 0 Å². The molecular weight excluding hydrogens is 163 g/mol. The van der Waals surface area contributed by atoms with E-state index in [9.17, 15) is 5.11 Å². The van der Waals surface area contributed by atoms with Gasteiger partial charge in [0.05, 0.1) is 0 Å². The second kappa shape index (κ2) is 1.92. The van der Waals surface area contributed by atoms with Gasteiger partial charge in [-0.25, -0.2) is 0 Å². The Hall–Kier alpha value is 0.324. The van der Waals surface area contributed by atoms with Crippen molar-refractivity contribution in [3.05, 3.63) is 0 Å². The van der Waals surface area contributed by atoms with Crippen LogP contribution in [-0.2, 0) is 16.8 Å². The van der Waals surface area contributed by atoms with Crippen molar-refractivity contribution in [1.29, 1.82) is 0 Å². The molecule has 2 heteroatoms. The summed E-state index contributed by atoms with van der Waals surface area (Å²) in [7, 11) is 0. The van der Waals surface area contributed by atoms with Gasteiger partial charge in [0.2, 0.25) is 0 Å². The second-order valence-corrected chi connectivity index (χ2v) is 4.20. The first-order valence-corrected chi connectivity index (χ1v) is 4.52. The molecule has 0 aliphatic heterocycles. The molecule has 0 heterocycles. The molecule has 0 amide bonds. The predicted octanol–water partition coefficient (Wildman–Crippen LogP) is 1.19. The number of aliphatic hydroxyl groups is 1. The molecule has 0 saturated heterocycles. The molecule has 0 atom stereocenters. The van der Waals surface area contributed by atoms with Crippen LogP contribution in [0.3, 0.4) is 0 Å². The summed E-state index contributed by atoms with van der Waals surface area (Å²) in [6.45, 7) is 0. The zero-order valence-corrected chi connectivity index (χ0v) is 7.33. The van der Waals surface area contributed by atoms with Crippen LogP contribution in [0.15, 0.2) is 0 Å². The van der Waals surface area contributed by atoms with E-state index in [4.69, 9.17) is 0 Å². The molecule has 0 unspecified atom stereocenters. The Morgan fingerprint density at radius 2 is 1.90 bits per heavy atom. The summed E-state index contributed by atoms with van der Waals surface area (Å²) in [5, 5.41) is 9.59. The first-order chi connectivity index (χ1) is 4.68. The third-order valence-corrected chi connectivity index (χ3v) is 3.61. The van der Waals surface area contributed by atoms with Gasteiger partial charge in [-0.2, -0.15) is 0 Å². The standard InChI is InChI=1S/C8H11O.V/c1-7(9)5-8(6-7)3-2-4-8;/h9H,2-6H2;. The third-order valence-electron chi connectivity index (χ3n) is 2.96. The van der Waals surface area contributed by atoms with Crippen LogP contribution >= 0.6 is 0 Å². The summed E-state index contributed by atoms with van der Waals surface area (Å²) in [5.41, 5.74) is 0.0299. The summed E-state index contributed by atoms with van der Waals surface area (Å²) in [6.07, 6.45) is 5.98. The van der Waals surface area contributed by atoms with Gasteiger partial charge in [-0.15, -0.1) is 0 Å². The maximum atomic E-state index is 9.59. The molecule has 1 N–H and O–H groups in total. The van der Waals surface area contributed by atoms with Gasteiger partial charge in [-0.05, 0) is 0 Å². The summed E-state index contributed by atoms with van der Waals surface area (Å²) in [4.78, 5) is 0. The second-order valence-electron chi connectivity index (χ2n) is 3.85. The van der Waals surface area contributed by atoms with Gasteiger partial charge in [0.15, 0.2) is 0 Å². The minimum atomic E-state index is -0.527. The molecule has 1 nitrogen and oxygen atoms in total. The molecule has 54 valence electrons. The van der Waals surface area contributed by atoms with Crippen molar-refractivity contribution in [3.8, 4) is 4.53 Å². The fourth-order valence-corrected chi connectivity index (χ4v) is 2.55. The van der Waals surface area contributed by atoms with Crippen LogP contribution in [0.4, 0.5) is 0 Å². The Labute approximate surface area is 69.9 Å². The summed E-state index contributed by atoms with van der Waals surface area (Å²) in [6, 6.07) is 0. The van der Waals surface area contributed by atoms with Crippen molar-refractivity contribution in [2.75, 3.05) is 0 Å². The molecule has 1 spiro atoms. The van der Waals surface area contributed by atoms with Crippen LogP contribution in [-0.4, -0.2) is 10.7 Å². The zero-order valence-electron chi connectivity index (χ0n) is 5.93. The quantitative estimate of drug-likeness (QED) is 0.584. The van der Waals surface area contributed by atoms with Gasteiger partial charge >= 0.3 is 69.5 Å². The van der Waals surface area contributed by atoms with Gasteiger partial charge < -0.3 is 0 Å². The Balaban J connectivity index is 2.00. The van der Waals surface area contributed by atoms with E-state index < -0.39 is 5.60 Å². The Kier molecular flexibility index (Phi) is 1.35. The van der Waals surface area contributed by atoms with E-state index in [-0.39, 0.29) is 0 Å². The number of rotatable bonds is 0. The van der Waals surface area contributed by atoms with Crippen molar-refractivity contribution in [2.45, 2.75) is 37.7 Å². The van der Waals surface area contributed by atoms with Crippen molar-refractivity contribution in [2.24, 2.45) is 5.41 Å².